The molecule has 0 radical (unpaired) electrons. The molecule has 298 valence electrons. The highest BCUT2D eigenvalue weighted by atomic mass is 32.1. The molecule has 9 aromatic carbocycles. The van der Waals surface area contributed by atoms with Gasteiger partial charge in [-0.2, -0.15) is 0 Å². The van der Waals surface area contributed by atoms with Crippen LogP contribution in [0.25, 0.3) is 109 Å². The molecule has 0 fully saturated rings. The molecule has 2 nitrogen and oxygen atoms in total. The zero-order valence-electron chi connectivity index (χ0n) is 35.6. The van der Waals surface area contributed by atoms with Crippen LogP contribution in [0, 0.1) is 0 Å². The Morgan fingerprint density at radius 1 is 0.349 bits per heavy atom. The lowest BCUT2D eigenvalue weighted by atomic mass is 9.80. The van der Waals surface area contributed by atoms with Crippen LogP contribution in [0.15, 0.2) is 182 Å². The highest BCUT2D eigenvalue weighted by Crippen LogP contribution is 2.55. The first-order chi connectivity index (χ1) is 30.8. The van der Waals surface area contributed by atoms with E-state index in [1.54, 1.807) is 0 Å². The first-order valence-electron chi connectivity index (χ1n) is 22.2. The van der Waals surface area contributed by atoms with E-state index < -0.39 is 0 Å². The molecule has 0 spiro atoms. The Kier molecular flexibility index (Phi) is 6.88. The van der Waals surface area contributed by atoms with Crippen LogP contribution in [0.2, 0.25) is 0 Å². The van der Waals surface area contributed by atoms with Gasteiger partial charge in [-0.1, -0.05) is 143 Å². The van der Waals surface area contributed by atoms with E-state index in [9.17, 15) is 0 Å². The van der Waals surface area contributed by atoms with Gasteiger partial charge >= 0.3 is 0 Å². The summed E-state index contributed by atoms with van der Waals surface area (Å²) >= 11 is 1.91. The van der Waals surface area contributed by atoms with Crippen LogP contribution < -0.4 is 0 Å². The normalized spacial score (nSPS) is 14.6. The van der Waals surface area contributed by atoms with Gasteiger partial charge in [-0.15, -0.1) is 11.3 Å². The van der Waals surface area contributed by atoms with Crippen molar-refractivity contribution < 1.29 is 0 Å². The SMILES string of the molecule is CC1(C)c2ccccc2-c2ccc(-n3c4ccccc4c4cc(-c5ccc6c7ccccc7n(-c7ccc8c(c7)C(C)(C)c7c-8ccc8sc9ccccc9c78)c6c5)ccc43)cc21. The van der Waals surface area contributed by atoms with Gasteiger partial charge in [0.05, 0.1) is 22.1 Å². The summed E-state index contributed by atoms with van der Waals surface area (Å²) in [5, 5.41) is 7.85. The number of para-hydroxylation sites is 2. The van der Waals surface area contributed by atoms with Crippen LogP contribution in [-0.4, -0.2) is 9.13 Å². The lowest BCUT2D eigenvalue weighted by Gasteiger charge is -2.23. The molecule has 3 aromatic heterocycles. The van der Waals surface area contributed by atoms with E-state index in [0.29, 0.717) is 0 Å². The van der Waals surface area contributed by atoms with E-state index in [1.165, 1.54) is 131 Å². The molecule has 12 aromatic rings. The van der Waals surface area contributed by atoms with Gasteiger partial charge in [-0.05, 0) is 122 Å². The van der Waals surface area contributed by atoms with E-state index in [4.69, 9.17) is 0 Å². The second-order valence-corrected chi connectivity index (χ2v) is 20.0. The molecular weight excluding hydrogens is 781 g/mol. The van der Waals surface area contributed by atoms with Crippen LogP contribution in [0.4, 0.5) is 0 Å². The Hall–Kier alpha value is -7.20. The van der Waals surface area contributed by atoms with Crippen molar-refractivity contribution in [3.8, 4) is 44.8 Å². The van der Waals surface area contributed by atoms with Gasteiger partial charge in [-0.25, -0.2) is 0 Å². The zero-order valence-corrected chi connectivity index (χ0v) is 36.4. The van der Waals surface area contributed by atoms with Crippen molar-refractivity contribution in [2.75, 3.05) is 0 Å². The maximum Gasteiger partial charge on any atom is 0.0547 e. The maximum absolute atomic E-state index is 2.50. The van der Waals surface area contributed by atoms with Crippen molar-refractivity contribution in [1.29, 1.82) is 0 Å². The first kappa shape index (κ1) is 35.4. The molecule has 0 unspecified atom stereocenters. The van der Waals surface area contributed by atoms with E-state index >= 15 is 0 Å². The molecule has 0 amide bonds. The summed E-state index contributed by atoms with van der Waals surface area (Å²) in [4.78, 5) is 0. The topological polar surface area (TPSA) is 9.86 Å². The minimum atomic E-state index is -0.163. The minimum Gasteiger partial charge on any atom is -0.309 e. The molecule has 63 heavy (non-hydrogen) atoms. The average molecular weight is 823 g/mol. The quantitative estimate of drug-likeness (QED) is 0.168. The summed E-state index contributed by atoms with van der Waals surface area (Å²) in [6.45, 7) is 9.58. The van der Waals surface area contributed by atoms with Gasteiger partial charge < -0.3 is 9.13 Å². The van der Waals surface area contributed by atoms with Crippen molar-refractivity contribution in [1.82, 2.24) is 9.13 Å². The van der Waals surface area contributed by atoms with Gasteiger partial charge in [0.2, 0.25) is 0 Å². The van der Waals surface area contributed by atoms with Crippen LogP contribution in [0.1, 0.15) is 49.9 Å². The number of nitrogens with zero attached hydrogens (tertiary/aromatic N) is 2. The monoisotopic (exact) mass is 822 g/mol. The predicted octanol–water partition coefficient (Wildman–Crippen LogP) is 16.5. The Labute approximate surface area is 369 Å². The highest BCUT2D eigenvalue weighted by Gasteiger charge is 2.39. The number of hydrogen-bond donors (Lipinski definition) is 0. The Morgan fingerprint density at radius 3 is 1.67 bits per heavy atom. The minimum absolute atomic E-state index is 0.0673. The molecule has 3 heterocycles. The largest absolute Gasteiger partial charge is 0.309 e. The number of benzene rings is 9. The molecular formula is C60H42N2S. The fourth-order valence-electron chi connectivity index (χ4n) is 11.9. The van der Waals surface area contributed by atoms with Crippen molar-refractivity contribution >= 4 is 75.1 Å². The Bertz CT molecular complexity index is 3980. The number of hydrogen-bond acceptors (Lipinski definition) is 1. The maximum atomic E-state index is 2.50. The molecule has 14 rings (SSSR count). The first-order valence-corrected chi connectivity index (χ1v) is 23.0. The number of thiophene rings is 1. The summed E-state index contributed by atoms with van der Waals surface area (Å²) in [5.74, 6) is 0. The van der Waals surface area contributed by atoms with Crippen molar-refractivity contribution in [3.05, 3.63) is 204 Å². The third kappa shape index (κ3) is 4.62. The molecule has 0 bridgehead atoms. The fraction of sp³-hybridized carbons (Fsp3) is 0.100. The average Bonchev–Trinajstić information content (AvgIpc) is 4.07. The molecule has 0 aliphatic heterocycles. The van der Waals surface area contributed by atoms with Gasteiger partial charge in [0.15, 0.2) is 0 Å². The smallest absolute Gasteiger partial charge is 0.0547 e. The summed E-state index contributed by atoms with van der Waals surface area (Å²) in [7, 11) is 0. The lowest BCUT2D eigenvalue weighted by molar-refractivity contribution is 0.660. The van der Waals surface area contributed by atoms with Crippen molar-refractivity contribution in [3.63, 3.8) is 0 Å². The van der Waals surface area contributed by atoms with Gasteiger partial charge in [0, 0.05) is 63.9 Å². The predicted molar refractivity (Wildman–Crippen MR) is 269 cm³/mol. The Balaban J connectivity index is 0.922. The third-order valence-electron chi connectivity index (χ3n) is 14.9. The molecule has 0 N–H and O–H groups in total. The van der Waals surface area contributed by atoms with Gasteiger partial charge in [0.1, 0.15) is 0 Å². The van der Waals surface area contributed by atoms with Crippen LogP contribution in [0.3, 0.4) is 0 Å². The van der Waals surface area contributed by atoms with E-state index in [0.717, 1.165) is 0 Å². The number of rotatable bonds is 3. The molecule has 2 aliphatic rings. The standard InChI is InChI=1S/C60H42N2S/c1-59(2)48-17-9-5-13-39(48)40-26-23-37(33-49(40)59)61-52-19-11-7-15-43(52)47-31-35(22-29-53(47)61)36-21-25-44-42-14-6-10-18-51(42)62(54(44)32-36)38-24-27-41-45-28-30-56-57(46-16-8-12-20-55(46)63-56)58(45)60(3,4)50(41)34-38/h5-34H,1-4H3. The summed E-state index contributed by atoms with van der Waals surface area (Å²) in [6, 6.07) is 68.8. The highest BCUT2D eigenvalue weighted by molar-refractivity contribution is 7.25. The van der Waals surface area contributed by atoms with E-state index in [1.807, 2.05) is 11.3 Å². The molecule has 0 atom stereocenters. The van der Waals surface area contributed by atoms with E-state index in [-0.39, 0.29) is 10.8 Å². The summed E-state index contributed by atoms with van der Waals surface area (Å²) in [6.07, 6.45) is 0. The van der Waals surface area contributed by atoms with Crippen LogP contribution in [0.5, 0.6) is 0 Å². The second kappa shape index (κ2) is 12.2. The molecule has 2 aliphatic carbocycles. The van der Waals surface area contributed by atoms with Crippen molar-refractivity contribution in [2.24, 2.45) is 0 Å². The van der Waals surface area contributed by atoms with E-state index in [2.05, 4.69) is 219 Å². The molecule has 0 saturated carbocycles. The van der Waals surface area contributed by atoms with Crippen LogP contribution in [-0.2, 0) is 10.8 Å². The summed E-state index contributed by atoms with van der Waals surface area (Å²) < 4.78 is 7.69. The van der Waals surface area contributed by atoms with Gasteiger partial charge in [-0.3, -0.25) is 0 Å². The summed E-state index contributed by atoms with van der Waals surface area (Å²) in [5.41, 5.74) is 20.5. The fourth-order valence-corrected chi connectivity index (χ4v) is 13.1. The van der Waals surface area contributed by atoms with Gasteiger partial charge in [0.25, 0.3) is 0 Å². The van der Waals surface area contributed by atoms with Crippen molar-refractivity contribution in [2.45, 2.75) is 38.5 Å². The third-order valence-corrected chi connectivity index (χ3v) is 16.0. The molecule has 3 heteroatoms. The van der Waals surface area contributed by atoms with Crippen LogP contribution >= 0.6 is 11.3 Å². The second-order valence-electron chi connectivity index (χ2n) is 18.9. The number of aromatic nitrogens is 2. The zero-order chi connectivity index (χ0) is 41.9. The lowest BCUT2D eigenvalue weighted by Crippen LogP contribution is -2.15. The Morgan fingerprint density at radius 2 is 0.889 bits per heavy atom. The molecule has 0 saturated heterocycles. The number of fused-ring (bicyclic) bond motifs is 16.